The molecule has 4 nitrogen and oxygen atoms in total. The summed E-state index contributed by atoms with van der Waals surface area (Å²) in [5.41, 5.74) is 5.41. The van der Waals surface area contributed by atoms with Crippen LogP contribution in [0.15, 0.2) is 48.5 Å². The normalized spacial score (nSPS) is 24.4. The molecule has 2 fully saturated rings. The van der Waals surface area contributed by atoms with E-state index in [1.165, 1.54) is 28.7 Å². The van der Waals surface area contributed by atoms with Crippen LogP contribution in [0.2, 0.25) is 0 Å². The highest BCUT2D eigenvalue weighted by molar-refractivity contribution is 5.68. The minimum atomic E-state index is 0.422. The van der Waals surface area contributed by atoms with Crippen molar-refractivity contribution in [2.24, 2.45) is 0 Å². The highest BCUT2D eigenvalue weighted by atomic mass is 16.6. The third-order valence-electron chi connectivity index (χ3n) is 6.52. The molecule has 0 aromatic heterocycles. The van der Waals surface area contributed by atoms with Gasteiger partial charge in [-0.05, 0) is 78.6 Å². The van der Waals surface area contributed by atoms with Crippen LogP contribution < -0.4 is 9.47 Å². The minimum absolute atomic E-state index is 0.422. The van der Waals surface area contributed by atoms with E-state index >= 15 is 0 Å². The molecule has 0 radical (unpaired) electrons. The van der Waals surface area contributed by atoms with E-state index < -0.39 is 0 Å². The van der Waals surface area contributed by atoms with Crippen molar-refractivity contribution >= 4 is 5.57 Å². The molecule has 2 aromatic carbocycles. The number of epoxide rings is 2. The summed E-state index contributed by atoms with van der Waals surface area (Å²) in [4.78, 5) is 0. The molecule has 164 valence electrons. The fraction of sp³-hybridized carbons (Fsp3) is 0.481. The van der Waals surface area contributed by atoms with Gasteiger partial charge in [-0.25, -0.2) is 0 Å². The Morgan fingerprint density at radius 3 is 2.23 bits per heavy atom. The number of allylic oxidation sites excluding steroid dienone is 2. The molecular formula is C27H32O4. The summed E-state index contributed by atoms with van der Waals surface area (Å²) in [5.74, 6) is 2.54. The van der Waals surface area contributed by atoms with Gasteiger partial charge in [-0.1, -0.05) is 24.3 Å². The average Bonchev–Trinajstić information content (AvgIpc) is 3.72. The Hall–Kier alpha value is -2.30. The molecule has 2 heterocycles. The molecule has 0 saturated carbocycles. The molecule has 5 rings (SSSR count). The minimum Gasteiger partial charge on any atom is -0.493 e. The van der Waals surface area contributed by atoms with E-state index in [-0.39, 0.29) is 0 Å². The maximum absolute atomic E-state index is 5.94. The number of hydrogen-bond donors (Lipinski definition) is 0. The second kappa shape index (κ2) is 9.46. The van der Waals surface area contributed by atoms with E-state index in [0.29, 0.717) is 18.1 Å². The van der Waals surface area contributed by atoms with Crippen molar-refractivity contribution in [3.63, 3.8) is 0 Å². The monoisotopic (exact) mass is 420 g/mol. The van der Waals surface area contributed by atoms with Crippen molar-refractivity contribution in [3.05, 3.63) is 65.2 Å². The first-order valence-corrected chi connectivity index (χ1v) is 11.6. The molecule has 0 amide bonds. The fourth-order valence-corrected chi connectivity index (χ4v) is 4.32. The smallest absolute Gasteiger partial charge is 0.122 e. The zero-order valence-corrected chi connectivity index (χ0v) is 18.3. The van der Waals surface area contributed by atoms with E-state index in [0.717, 1.165) is 63.6 Å². The first kappa shape index (κ1) is 20.6. The summed E-state index contributed by atoms with van der Waals surface area (Å²) < 4.78 is 22.2. The van der Waals surface area contributed by atoms with Gasteiger partial charge in [0.1, 0.15) is 11.5 Å². The standard InChI is InChI=1S/C27H32O4/c1-19-16-23(8-11-27(19)29-15-13-26-18-31-26)22-4-2-20(3-5-22)21-6-9-24(10-7-21)28-14-12-25-17-30-25/h4,6-11,16,20,25-26H,2-3,5,12-15,17-18H2,1H3. The topological polar surface area (TPSA) is 43.5 Å². The van der Waals surface area contributed by atoms with Crippen molar-refractivity contribution in [1.82, 2.24) is 0 Å². The Morgan fingerprint density at radius 1 is 0.903 bits per heavy atom. The van der Waals surface area contributed by atoms with Crippen molar-refractivity contribution in [2.75, 3.05) is 26.4 Å². The summed E-state index contributed by atoms with van der Waals surface area (Å²) in [6.45, 7) is 5.39. The largest absolute Gasteiger partial charge is 0.493 e. The summed E-state index contributed by atoms with van der Waals surface area (Å²) in [7, 11) is 0. The Bertz CT molecular complexity index is 909. The van der Waals surface area contributed by atoms with Gasteiger partial charge in [-0.15, -0.1) is 0 Å². The molecule has 1 aliphatic carbocycles. The third kappa shape index (κ3) is 5.69. The van der Waals surface area contributed by atoms with Crippen LogP contribution in [0.4, 0.5) is 0 Å². The summed E-state index contributed by atoms with van der Waals surface area (Å²) in [5, 5.41) is 0. The second-order valence-electron chi connectivity index (χ2n) is 8.93. The number of benzene rings is 2. The van der Waals surface area contributed by atoms with E-state index in [1.807, 2.05) is 0 Å². The number of ether oxygens (including phenoxy) is 4. The predicted molar refractivity (Wildman–Crippen MR) is 122 cm³/mol. The van der Waals surface area contributed by atoms with Crippen LogP contribution >= 0.6 is 0 Å². The molecule has 3 aliphatic rings. The van der Waals surface area contributed by atoms with E-state index in [2.05, 4.69) is 55.5 Å². The number of rotatable bonds is 10. The van der Waals surface area contributed by atoms with Gasteiger partial charge in [0.25, 0.3) is 0 Å². The maximum Gasteiger partial charge on any atom is 0.122 e. The number of aryl methyl sites for hydroxylation is 1. The molecule has 2 saturated heterocycles. The van der Waals surface area contributed by atoms with Crippen LogP contribution in [0.25, 0.3) is 5.57 Å². The highest BCUT2D eigenvalue weighted by Gasteiger charge is 2.23. The lowest BCUT2D eigenvalue weighted by molar-refractivity contribution is 0.281. The summed E-state index contributed by atoms with van der Waals surface area (Å²) in [6.07, 6.45) is 8.63. The van der Waals surface area contributed by atoms with Crippen LogP contribution in [0.1, 0.15) is 54.7 Å². The van der Waals surface area contributed by atoms with Crippen LogP contribution in [0, 0.1) is 6.92 Å². The molecule has 3 unspecified atom stereocenters. The Balaban J connectivity index is 1.14. The van der Waals surface area contributed by atoms with Gasteiger partial charge in [-0.3, -0.25) is 0 Å². The lowest BCUT2D eigenvalue weighted by Gasteiger charge is -2.23. The molecular weight excluding hydrogens is 388 g/mol. The zero-order chi connectivity index (χ0) is 21.0. The second-order valence-corrected chi connectivity index (χ2v) is 8.93. The zero-order valence-electron chi connectivity index (χ0n) is 18.3. The van der Waals surface area contributed by atoms with Crippen molar-refractivity contribution in [1.29, 1.82) is 0 Å². The maximum atomic E-state index is 5.94. The van der Waals surface area contributed by atoms with Crippen LogP contribution in [0.5, 0.6) is 11.5 Å². The molecule has 0 bridgehead atoms. The SMILES string of the molecule is Cc1cc(C2=CCC(c3ccc(OCCC4CO4)cc3)CC2)ccc1OCCC1CO1. The molecule has 4 heteroatoms. The van der Waals surface area contributed by atoms with Gasteiger partial charge < -0.3 is 18.9 Å². The van der Waals surface area contributed by atoms with Crippen LogP contribution in [-0.2, 0) is 9.47 Å². The lowest BCUT2D eigenvalue weighted by atomic mass is 9.82. The lowest BCUT2D eigenvalue weighted by Crippen LogP contribution is -2.05. The fourth-order valence-electron chi connectivity index (χ4n) is 4.32. The molecule has 31 heavy (non-hydrogen) atoms. The van der Waals surface area contributed by atoms with Crippen LogP contribution in [0.3, 0.4) is 0 Å². The Morgan fingerprint density at radius 2 is 1.61 bits per heavy atom. The van der Waals surface area contributed by atoms with Gasteiger partial charge in [0.15, 0.2) is 0 Å². The van der Waals surface area contributed by atoms with E-state index in [4.69, 9.17) is 18.9 Å². The summed E-state index contributed by atoms with van der Waals surface area (Å²) >= 11 is 0. The van der Waals surface area contributed by atoms with E-state index in [1.54, 1.807) is 0 Å². The molecule has 2 aromatic rings. The van der Waals surface area contributed by atoms with Crippen molar-refractivity contribution < 1.29 is 18.9 Å². The molecule has 2 aliphatic heterocycles. The van der Waals surface area contributed by atoms with Crippen LogP contribution in [-0.4, -0.2) is 38.6 Å². The quantitative estimate of drug-likeness (QED) is 0.464. The Kier molecular flexibility index (Phi) is 6.28. The Labute approximate surface area is 185 Å². The summed E-state index contributed by atoms with van der Waals surface area (Å²) in [6, 6.07) is 15.3. The molecule has 3 atom stereocenters. The average molecular weight is 421 g/mol. The van der Waals surface area contributed by atoms with Gasteiger partial charge in [0.2, 0.25) is 0 Å². The first-order chi connectivity index (χ1) is 15.2. The van der Waals surface area contributed by atoms with Crippen molar-refractivity contribution in [2.45, 2.75) is 57.2 Å². The van der Waals surface area contributed by atoms with Crippen molar-refractivity contribution in [3.8, 4) is 11.5 Å². The van der Waals surface area contributed by atoms with Gasteiger partial charge >= 0.3 is 0 Å². The predicted octanol–water partition coefficient (Wildman–Crippen LogP) is 5.68. The molecule has 0 N–H and O–H groups in total. The molecule has 0 spiro atoms. The third-order valence-corrected chi connectivity index (χ3v) is 6.52. The highest BCUT2D eigenvalue weighted by Crippen LogP contribution is 2.37. The first-order valence-electron chi connectivity index (χ1n) is 11.6. The van der Waals surface area contributed by atoms with Gasteiger partial charge in [0, 0.05) is 12.8 Å². The van der Waals surface area contributed by atoms with Gasteiger partial charge in [0.05, 0.1) is 38.6 Å². The number of hydrogen-bond acceptors (Lipinski definition) is 4. The van der Waals surface area contributed by atoms with E-state index in [9.17, 15) is 0 Å². The van der Waals surface area contributed by atoms with Gasteiger partial charge in [-0.2, -0.15) is 0 Å².